The molecule has 206 valence electrons. The van der Waals surface area contributed by atoms with Crippen LogP contribution in [0.1, 0.15) is 48.5 Å². The van der Waals surface area contributed by atoms with Gasteiger partial charge >= 0.3 is 13.5 Å². The highest BCUT2D eigenvalue weighted by molar-refractivity contribution is 7.56. The molecule has 2 heterocycles. The number of carbonyl (C=O) groups excluding carboxylic acids is 1. The summed E-state index contributed by atoms with van der Waals surface area (Å²) in [6.45, 7) is 13.5. The van der Waals surface area contributed by atoms with E-state index < -0.39 is 19.5 Å². The number of rotatable bonds is 15. The van der Waals surface area contributed by atoms with Gasteiger partial charge in [0.25, 0.3) is 0 Å². The van der Waals surface area contributed by atoms with E-state index in [4.69, 9.17) is 24.5 Å². The van der Waals surface area contributed by atoms with Crippen LogP contribution in [-0.4, -0.2) is 57.2 Å². The van der Waals surface area contributed by atoms with Gasteiger partial charge in [-0.25, -0.2) is 10.1 Å². The van der Waals surface area contributed by atoms with E-state index in [0.717, 1.165) is 0 Å². The molecule has 12 nitrogen and oxygen atoms in total. The van der Waals surface area contributed by atoms with Crippen molar-refractivity contribution >= 4 is 30.6 Å². The molecular weight excluding hydrogens is 499 g/mol. The Hall–Kier alpha value is -2.95. The highest BCUT2D eigenvalue weighted by Gasteiger charge is 2.32. The van der Waals surface area contributed by atoms with Crippen LogP contribution in [0, 0.1) is 5.92 Å². The molecule has 2 atom stereocenters. The molecule has 13 heteroatoms. The van der Waals surface area contributed by atoms with Gasteiger partial charge in [-0.2, -0.15) is 9.97 Å². The number of nitrogen functional groups attached to an aromatic ring is 1. The molecule has 0 aliphatic rings. The standard InChI is InChI=1S/C24H39N6O6P/c1-8-10-11-19(16(3)4)36-37(32,29-18(7)23(31)35-17(5)6)15-33-13-12-30-14-26-20-21(30)27-24(25)28-22(20)34-9-2/h8,10-11,14,16-18H,9,12-13,15H2,1-7H3,(H,29,32)(H2,25,27,28)/b10-8-,19-11+/t18-,37?/m0/s1. The number of aromatic nitrogens is 4. The highest BCUT2D eigenvalue weighted by Crippen LogP contribution is 2.46. The minimum atomic E-state index is -3.67. The molecule has 3 N–H and O–H groups in total. The molecule has 0 bridgehead atoms. The molecule has 2 aromatic rings. The van der Waals surface area contributed by atoms with E-state index in [1.807, 2.05) is 33.8 Å². The molecule has 0 radical (unpaired) electrons. The van der Waals surface area contributed by atoms with Crippen molar-refractivity contribution in [3.05, 3.63) is 30.3 Å². The van der Waals surface area contributed by atoms with E-state index in [-0.39, 0.29) is 30.9 Å². The van der Waals surface area contributed by atoms with Crippen molar-refractivity contribution in [2.75, 3.05) is 25.3 Å². The summed E-state index contributed by atoms with van der Waals surface area (Å²) < 4.78 is 38.0. The first-order valence-electron chi connectivity index (χ1n) is 12.3. The second-order valence-electron chi connectivity index (χ2n) is 8.82. The third kappa shape index (κ3) is 9.14. The minimum absolute atomic E-state index is 0.0498. The summed E-state index contributed by atoms with van der Waals surface area (Å²) in [7, 11) is -3.67. The van der Waals surface area contributed by atoms with Crippen LogP contribution < -0.4 is 15.6 Å². The van der Waals surface area contributed by atoms with Gasteiger partial charge in [0.1, 0.15) is 18.1 Å². The number of fused-ring (bicyclic) bond motifs is 1. The fourth-order valence-corrected chi connectivity index (χ4v) is 5.00. The second-order valence-corrected chi connectivity index (χ2v) is 10.9. The third-order valence-electron chi connectivity index (χ3n) is 4.84. The van der Waals surface area contributed by atoms with E-state index in [0.29, 0.717) is 36.0 Å². The zero-order valence-electron chi connectivity index (χ0n) is 22.6. The number of anilines is 1. The van der Waals surface area contributed by atoms with Gasteiger partial charge in [0.15, 0.2) is 11.2 Å². The Labute approximate surface area is 218 Å². The topological polar surface area (TPSA) is 153 Å². The lowest BCUT2D eigenvalue weighted by atomic mass is 10.1. The lowest BCUT2D eigenvalue weighted by Gasteiger charge is -2.26. The zero-order valence-corrected chi connectivity index (χ0v) is 23.5. The predicted molar refractivity (Wildman–Crippen MR) is 142 cm³/mol. The average molecular weight is 539 g/mol. The van der Waals surface area contributed by atoms with Gasteiger partial charge in [0.05, 0.1) is 25.6 Å². The Morgan fingerprint density at radius 1 is 1.24 bits per heavy atom. The molecule has 0 saturated heterocycles. The van der Waals surface area contributed by atoms with Crippen LogP contribution in [-0.2, 0) is 29.9 Å². The molecule has 0 aromatic carbocycles. The summed E-state index contributed by atoms with van der Waals surface area (Å²) in [5, 5.41) is 2.81. The first-order chi connectivity index (χ1) is 17.5. The van der Waals surface area contributed by atoms with Gasteiger partial charge in [0, 0.05) is 12.5 Å². The Kier molecular flexibility index (Phi) is 11.5. The lowest BCUT2D eigenvalue weighted by Crippen LogP contribution is -2.36. The maximum Gasteiger partial charge on any atom is 0.342 e. The van der Waals surface area contributed by atoms with Crippen molar-refractivity contribution in [3.8, 4) is 5.88 Å². The quantitative estimate of drug-likeness (QED) is 0.111. The first kappa shape index (κ1) is 30.3. The number of allylic oxidation sites excluding steroid dienone is 4. The van der Waals surface area contributed by atoms with Crippen LogP contribution in [0.3, 0.4) is 0 Å². The van der Waals surface area contributed by atoms with Crippen molar-refractivity contribution in [3.63, 3.8) is 0 Å². The van der Waals surface area contributed by atoms with Crippen molar-refractivity contribution < 1.29 is 28.1 Å². The van der Waals surface area contributed by atoms with E-state index >= 15 is 0 Å². The molecule has 2 rings (SSSR count). The molecule has 0 saturated carbocycles. The summed E-state index contributed by atoms with van der Waals surface area (Å²) in [6, 6.07) is -0.874. The summed E-state index contributed by atoms with van der Waals surface area (Å²) in [5.74, 6) is 0.291. The fourth-order valence-electron chi connectivity index (χ4n) is 3.14. The number of nitrogens with two attached hydrogens (primary N) is 1. The number of esters is 1. The number of nitrogens with zero attached hydrogens (tertiary/aromatic N) is 4. The van der Waals surface area contributed by atoms with E-state index in [1.54, 1.807) is 43.8 Å². The van der Waals surface area contributed by atoms with Crippen LogP contribution in [0.25, 0.3) is 11.2 Å². The molecular formula is C24H39N6O6P. The van der Waals surface area contributed by atoms with Crippen LogP contribution in [0.4, 0.5) is 5.95 Å². The second kappa shape index (κ2) is 14.1. The van der Waals surface area contributed by atoms with Crippen molar-refractivity contribution in [2.24, 2.45) is 5.92 Å². The molecule has 0 fully saturated rings. The third-order valence-corrected chi connectivity index (χ3v) is 6.65. The minimum Gasteiger partial charge on any atom is -0.476 e. The van der Waals surface area contributed by atoms with Crippen molar-refractivity contribution in [2.45, 2.75) is 67.2 Å². The maximum atomic E-state index is 13.8. The number of carbonyl (C=O) groups is 1. The molecule has 0 spiro atoms. The number of ether oxygens (including phenoxy) is 3. The van der Waals surface area contributed by atoms with E-state index in [2.05, 4.69) is 20.0 Å². The number of hydrogen-bond donors (Lipinski definition) is 2. The van der Waals surface area contributed by atoms with Crippen LogP contribution in [0.5, 0.6) is 5.88 Å². The summed E-state index contributed by atoms with van der Waals surface area (Å²) in [5.41, 5.74) is 6.80. The predicted octanol–water partition coefficient (Wildman–Crippen LogP) is 4.04. The number of hydrogen-bond acceptors (Lipinski definition) is 10. The van der Waals surface area contributed by atoms with Crippen LogP contribution in [0.2, 0.25) is 0 Å². The Bertz CT molecular complexity index is 1150. The SMILES string of the molecule is C/C=C\C=C(\OP(=O)(COCCn1cnc2c(OCC)nc(N)nc21)N[C@@H](C)C(=O)OC(C)C)C(C)C. The van der Waals surface area contributed by atoms with Crippen molar-refractivity contribution in [1.82, 2.24) is 24.6 Å². The first-order valence-corrected chi connectivity index (χ1v) is 14.1. The number of imidazole rings is 1. The Morgan fingerprint density at radius 3 is 2.59 bits per heavy atom. The molecule has 0 aliphatic carbocycles. The average Bonchev–Trinajstić information content (AvgIpc) is 3.22. The molecule has 0 aliphatic heterocycles. The lowest BCUT2D eigenvalue weighted by molar-refractivity contribution is -0.149. The number of nitrogens with one attached hydrogen (secondary N) is 1. The summed E-state index contributed by atoms with van der Waals surface area (Å²) >= 11 is 0. The van der Waals surface area contributed by atoms with E-state index in [1.165, 1.54) is 0 Å². The van der Waals surface area contributed by atoms with Gasteiger partial charge < -0.3 is 29.0 Å². The Balaban J connectivity index is 2.16. The van der Waals surface area contributed by atoms with Gasteiger partial charge in [-0.15, -0.1) is 0 Å². The van der Waals surface area contributed by atoms with Crippen molar-refractivity contribution in [1.29, 1.82) is 0 Å². The van der Waals surface area contributed by atoms with Gasteiger partial charge in [-0.05, 0) is 40.7 Å². The van der Waals surface area contributed by atoms with Gasteiger partial charge in [-0.1, -0.05) is 26.0 Å². The van der Waals surface area contributed by atoms with Crippen LogP contribution >= 0.6 is 7.52 Å². The maximum absolute atomic E-state index is 13.8. The molecule has 2 aromatic heterocycles. The Morgan fingerprint density at radius 2 is 1.97 bits per heavy atom. The van der Waals surface area contributed by atoms with Gasteiger partial charge in [0.2, 0.25) is 11.8 Å². The summed E-state index contributed by atoms with van der Waals surface area (Å²) in [6.07, 6.45) is 6.38. The monoisotopic (exact) mass is 538 g/mol. The zero-order chi connectivity index (χ0) is 27.6. The van der Waals surface area contributed by atoms with Crippen LogP contribution in [0.15, 0.2) is 30.3 Å². The largest absolute Gasteiger partial charge is 0.476 e. The molecule has 37 heavy (non-hydrogen) atoms. The smallest absolute Gasteiger partial charge is 0.342 e. The molecule has 1 unspecified atom stereocenters. The van der Waals surface area contributed by atoms with Gasteiger partial charge in [-0.3, -0.25) is 9.36 Å². The normalized spacial score (nSPS) is 14.9. The molecule has 0 amide bonds. The van der Waals surface area contributed by atoms with E-state index in [9.17, 15) is 9.36 Å². The summed E-state index contributed by atoms with van der Waals surface area (Å²) in [4.78, 5) is 25.0. The highest BCUT2D eigenvalue weighted by atomic mass is 31.2. The fraction of sp³-hybridized carbons (Fsp3) is 0.583.